The molecule has 1 amide bonds. The Balaban J connectivity index is 2.07. The van der Waals surface area contributed by atoms with Crippen LogP contribution in [-0.2, 0) is 13.5 Å². The number of aryl methyl sites for hydroxylation is 2. The standard InChI is InChI=1S/C23H26F2N4O3/c1-5-7-11-32-19-13-18(29-23(31)28(4)20(6-2)27-29)17(25)12-15(19)22(30)26-21-14(3)9-8-10-16(21)24/h8-10,12-13H,5-7,11H2,1-4H3,(H,26,30). The number of hydrogen-bond acceptors (Lipinski definition) is 4. The van der Waals surface area contributed by atoms with Gasteiger partial charge in [-0.1, -0.05) is 32.4 Å². The summed E-state index contributed by atoms with van der Waals surface area (Å²) in [5, 5.41) is 6.68. The van der Waals surface area contributed by atoms with Gasteiger partial charge in [0.1, 0.15) is 28.9 Å². The van der Waals surface area contributed by atoms with Crippen LogP contribution in [0.5, 0.6) is 5.75 Å². The fourth-order valence-electron chi connectivity index (χ4n) is 3.24. The van der Waals surface area contributed by atoms with Crippen LogP contribution in [0.15, 0.2) is 35.1 Å². The van der Waals surface area contributed by atoms with E-state index in [1.165, 1.54) is 22.8 Å². The molecule has 1 heterocycles. The molecule has 0 aliphatic carbocycles. The monoisotopic (exact) mass is 444 g/mol. The molecule has 0 saturated carbocycles. The second-order valence-electron chi connectivity index (χ2n) is 7.41. The lowest BCUT2D eigenvalue weighted by molar-refractivity contribution is 0.102. The van der Waals surface area contributed by atoms with Gasteiger partial charge in [0.05, 0.1) is 17.9 Å². The molecule has 0 aliphatic rings. The predicted molar refractivity (Wildman–Crippen MR) is 118 cm³/mol. The minimum absolute atomic E-state index is 0.00928. The first kappa shape index (κ1) is 23.2. The Morgan fingerprint density at radius 1 is 1.19 bits per heavy atom. The lowest BCUT2D eigenvalue weighted by Crippen LogP contribution is -2.23. The van der Waals surface area contributed by atoms with Gasteiger partial charge in [-0.25, -0.2) is 13.6 Å². The van der Waals surface area contributed by atoms with E-state index in [0.717, 1.165) is 17.2 Å². The summed E-state index contributed by atoms with van der Waals surface area (Å²) in [4.78, 5) is 25.5. The first-order valence-corrected chi connectivity index (χ1v) is 10.5. The summed E-state index contributed by atoms with van der Waals surface area (Å²) >= 11 is 0. The van der Waals surface area contributed by atoms with E-state index in [4.69, 9.17) is 4.74 Å². The molecule has 0 bridgehead atoms. The fraction of sp³-hybridized carbons (Fsp3) is 0.348. The van der Waals surface area contributed by atoms with Gasteiger partial charge < -0.3 is 10.1 Å². The lowest BCUT2D eigenvalue weighted by atomic mass is 10.1. The van der Waals surface area contributed by atoms with E-state index in [1.54, 1.807) is 20.0 Å². The zero-order chi connectivity index (χ0) is 23.4. The molecule has 0 aliphatic heterocycles. The molecule has 0 spiro atoms. The fourth-order valence-corrected chi connectivity index (χ4v) is 3.24. The largest absolute Gasteiger partial charge is 0.493 e. The molecule has 0 atom stereocenters. The maximum absolute atomic E-state index is 15.1. The average molecular weight is 444 g/mol. The van der Waals surface area contributed by atoms with Crippen molar-refractivity contribution >= 4 is 11.6 Å². The molecule has 0 fully saturated rings. The van der Waals surface area contributed by atoms with E-state index < -0.39 is 23.2 Å². The minimum atomic E-state index is -0.828. The van der Waals surface area contributed by atoms with Gasteiger partial charge in [-0.05, 0) is 31.0 Å². The van der Waals surface area contributed by atoms with Crippen molar-refractivity contribution in [3.05, 3.63) is 69.4 Å². The van der Waals surface area contributed by atoms with Crippen LogP contribution < -0.4 is 15.7 Å². The van der Waals surface area contributed by atoms with Crippen molar-refractivity contribution < 1.29 is 18.3 Å². The first-order chi connectivity index (χ1) is 15.3. The maximum Gasteiger partial charge on any atom is 0.350 e. The third-order valence-electron chi connectivity index (χ3n) is 5.12. The zero-order valence-electron chi connectivity index (χ0n) is 18.5. The number of nitrogens with zero attached hydrogens (tertiary/aromatic N) is 3. The quantitative estimate of drug-likeness (QED) is 0.530. The smallest absolute Gasteiger partial charge is 0.350 e. The van der Waals surface area contributed by atoms with Gasteiger partial charge in [0.25, 0.3) is 5.91 Å². The van der Waals surface area contributed by atoms with Gasteiger partial charge in [0.2, 0.25) is 0 Å². The number of nitrogens with one attached hydrogen (secondary N) is 1. The van der Waals surface area contributed by atoms with Crippen LogP contribution in [0.2, 0.25) is 0 Å². The van der Waals surface area contributed by atoms with Crippen LogP contribution in [0.4, 0.5) is 14.5 Å². The summed E-state index contributed by atoms with van der Waals surface area (Å²) in [6, 6.07) is 6.67. The Hall–Kier alpha value is -3.49. The van der Waals surface area contributed by atoms with Gasteiger partial charge >= 0.3 is 5.69 Å². The number of benzene rings is 2. The van der Waals surface area contributed by atoms with Gasteiger partial charge in [-0.3, -0.25) is 9.36 Å². The third kappa shape index (κ3) is 4.56. The Kier molecular flexibility index (Phi) is 7.07. The zero-order valence-corrected chi connectivity index (χ0v) is 18.5. The highest BCUT2D eigenvalue weighted by atomic mass is 19.1. The SMILES string of the molecule is CCCCOc1cc(-n2nc(CC)n(C)c2=O)c(F)cc1C(=O)Nc1c(C)cccc1F. The van der Waals surface area contributed by atoms with Crippen molar-refractivity contribution in [2.45, 2.75) is 40.0 Å². The second kappa shape index (κ2) is 9.76. The molecule has 1 N–H and O–H groups in total. The Labute approximate surface area is 184 Å². The molecule has 0 radical (unpaired) electrons. The summed E-state index contributed by atoms with van der Waals surface area (Å²) in [5.41, 5.74) is -0.217. The van der Waals surface area contributed by atoms with E-state index >= 15 is 4.39 Å². The van der Waals surface area contributed by atoms with Crippen molar-refractivity contribution in [1.29, 1.82) is 0 Å². The average Bonchev–Trinajstić information content (AvgIpc) is 3.05. The van der Waals surface area contributed by atoms with Crippen LogP contribution >= 0.6 is 0 Å². The van der Waals surface area contributed by atoms with Gasteiger partial charge in [0, 0.05) is 19.5 Å². The highest BCUT2D eigenvalue weighted by molar-refractivity contribution is 6.06. The Morgan fingerprint density at radius 2 is 1.94 bits per heavy atom. The molecule has 9 heteroatoms. The number of para-hydroxylation sites is 1. The molecular formula is C23H26F2N4O3. The number of amides is 1. The number of halogens is 2. The first-order valence-electron chi connectivity index (χ1n) is 10.5. The van der Waals surface area contributed by atoms with Gasteiger partial charge in [-0.2, -0.15) is 4.68 Å². The van der Waals surface area contributed by atoms with Crippen LogP contribution in [0.25, 0.3) is 5.69 Å². The van der Waals surface area contributed by atoms with Gasteiger partial charge in [0.15, 0.2) is 0 Å². The number of hydrogen-bond donors (Lipinski definition) is 1. The van der Waals surface area contributed by atoms with E-state index in [9.17, 15) is 14.0 Å². The summed E-state index contributed by atoms with van der Waals surface area (Å²) in [7, 11) is 1.56. The van der Waals surface area contributed by atoms with E-state index in [-0.39, 0.29) is 29.3 Å². The molecule has 32 heavy (non-hydrogen) atoms. The van der Waals surface area contributed by atoms with Crippen molar-refractivity contribution in [3.63, 3.8) is 0 Å². The van der Waals surface area contributed by atoms with Crippen LogP contribution in [0, 0.1) is 18.6 Å². The van der Waals surface area contributed by atoms with Crippen molar-refractivity contribution in [3.8, 4) is 11.4 Å². The number of carbonyl (C=O) groups is 1. The lowest BCUT2D eigenvalue weighted by Gasteiger charge is -2.15. The number of rotatable bonds is 8. The summed E-state index contributed by atoms with van der Waals surface area (Å²) in [6.45, 7) is 5.76. The molecule has 1 aromatic heterocycles. The van der Waals surface area contributed by atoms with Crippen molar-refractivity contribution in [2.24, 2.45) is 7.05 Å². The summed E-state index contributed by atoms with van der Waals surface area (Å²) < 4.78 is 37.3. The van der Waals surface area contributed by atoms with E-state index in [2.05, 4.69) is 10.4 Å². The molecule has 3 aromatic rings. The molecule has 3 rings (SSSR count). The molecule has 0 saturated heterocycles. The molecule has 0 unspecified atom stereocenters. The van der Waals surface area contributed by atoms with Crippen molar-refractivity contribution in [1.82, 2.24) is 14.3 Å². The van der Waals surface area contributed by atoms with E-state index in [0.29, 0.717) is 24.2 Å². The molecular weight excluding hydrogens is 418 g/mol. The molecule has 170 valence electrons. The Bertz CT molecular complexity index is 1180. The van der Waals surface area contributed by atoms with Crippen LogP contribution in [0.3, 0.4) is 0 Å². The number of carbonyl (C=O) groups excluding carboxylic acids is 1. The number of ether oxygens (including phenoxy) is 1. The number of aromatic nitrogens is 3. The Morgan fingerprint density at radius 3 is 2.56 bits per heavy atom. The number of anilines is 1. The third-order valence-corrected chi connectivity index (χ3v) is 5.12. The normalized spacial score (nSPS) is 10.9. The number of unbranched alkanes of at least 4 members (excludes halogenated alkanes) is 1. The second-order valence-corrected chi connectivity index (χ2v) is 7.41. The summed E-state index contributed by atoms with van der Waals surface area (Å²) in [5.74, 6) is -1.59. The minimum Gasteiger partial charge on any atom is -0.493 e. The van der Waals surface area contributed by atoms with Crippen molar-refractivity contribution in [2.75, 3.05) is 11.9 Å². The van der Waals surface area contributed by atoms with Gasteiger partial charge in [-0.15, -0.1) is 5.10 Å². The summed E-state index contributed by atoms with van der Waals surface area (Å²) in [6.07, 6.45) is 2.05. The highest BCUT2D eigenvalue weighted by Crippen LogP contribution is 2.28. The van der Waals surface area contributed by atoms with E-state index in [1.807, 2.05) is 13.8 Å². The highest BCUT2D eigenvalue weighted by Gasteiger charge is 2.22. The van der Waals surface area contributed by atoms with Crippen LogP contribution in [0.1, 0.15) is 48.4 Å². The molecule has 2 aromatic carbocycles. The predicted octanol–water partition coefficient (Wildman–Crippen LogP) is 4.15. The van der Waals surface area contributed by atoms with Crippen LogP contribution in [-0.4, -0.2) is 26.9 Å². The maximum atomic E-state index is 15.1. The molecule has 7 nitrogen and oxygen atoms in total. The topological polar surface area (TPSA) is 78.2 Å².